The molecule has 0 N–H and O–H groups in total. The Kier molecular flexibility index (Phi) is 5.99. The fourth-order valence-electron chi connectivity index (χ4n) is 4.01. The second kappa shape index (κ2) is 8.65. The number of carbonyl (C=O) groups excluding carboxylic acids is 1. The van der Waals surface area contributed by atoms with E-state index in [0.29, 0.717) is 36.6 Å². The topological polar surface area (TPSA) is 60.9 Å². The van der Waals surface area contributed by atoms with Gasteiger partial charge in [-0.05, 0) is 55.8 Å². The maximum atomic E-state index is 12.8. The number of hydrogen-bond acceptors (Lipinski definition) is 4. The van der Waals surface area contributed by atoms with Crippen LogP contribution in [0, 0.1) is 0 Å². The van der Waals surface area contributed by atoms with Crippen LogP contribution in [0.2, 0.25) is 0 Å². The summed E-state index contributed by atoms with van der Waals surface area (Å²) in [4.78, 5) is 17.3. The Balaban J connectivity index is 1.35. The van der Waals surface area contributed by atoms with Crippen LogP contribution in [0.25, 0.3) is 0 Å². The number of benzene rings is 2. The van der Waals surface area contributed by atoms with E-state index in [0.717, 1.165) is 19.6 Å². The van der Waals surface area contributed by atoms with Gasteiger partial charge in [0.15, 0.2) is 0 Å². The van der Waals surface area contributed by atoms with Gasteiger partial charge in [0.2, 0.25) is 10.0 Å². The molecule has 0 aromatic heterocycles. The first-order valence-electron chi connectivity index (χ1n) is 10.2. The smallest absolute Gasteiger partial charge is 0.253 e. The third kappa shape index (κ3) is 4.52. The second-order valence-corrected chi connectivity index (χ2v) is 9.63. The number of carbonyl (C=O) groups is 1. The van der Waals surface area contributed by atoms with Gasteiger partial charge in [0.05, 0.1) is 4.90 Å². The van der Waals surface area contributed by atoms with Gasteiger partial charge in [-0.15, -0.1) is 0 Å². The fourth-order valence-corrected chi connectivity index (χ4v) is 5.45. The molecule has 2 aliphatic heterocycles. The van der Waals surface area contributed by atoms with Crippen LogP contribution in [0.4, 0.5) is 0 Å². The molecule has 0 spiro atoms. The standard InChI is InChI=1S/C22H27N3O3S/c26-22(20-10-8-19(9-11-20)18-23-12-4-5-13-23)24-14-16-25(17-15-24)29(27,28)21-6-2-1-3-7-21/h1-3,6-11H,4-5,12-18H2. The fraction of sp³-hybridized carbons (Fsp3) is 0.409. The normalized spacial score (nSPS) is 18.8. The number of piperazine rings is 1. The summed E-state index contributed by atoms with van der Waals surface area (Å²) >= 11 is 0. The van der Waals surface area contributed by atoms with Crippen molar-refractivity contribution in [1.29, 1.82) is 0 Å². The second-order valence-electron chi connectivity index (χ2n) is 7.69. The van der Waals surface area contributed by atoms with Gasteiger partial charge < -0.3 is 4.90 Å². The predicted octanol–water partition coefficient (Wildman–Crippen LogP) is 2.43. The molecular formula is C22H27N3O3S. The minimum Gasteiger partial charge on any atom is -0.336 e. The SMILES string of the molecule is O=C(c1ccc(CN2CCCC2)cc1)N1CCN(S(=O)(=O)c2ccccc2)CC1. The summed E-state index contributed by atoms with van der Waals surface area (Å²) in [5, 5.41) is 0. The molecule has 6 nitrogen and oxygen atoms in total. The molecule has 0 unspecified atom stereocenters. The van der Waals surface area contributed by atoms with Crippen LogP contribution < -0.4 is 0 Å². The molecule has 0 atom stereocenters. The molecular weight excluding hydrogens is 386 g/mol. The van der Waals surface area contributed by atoms with Crippen molar-refractivity contribution in [3.8, 4) is 0 Å². The van der Waals surface area contributed by atoms with Crippen LogP contribution in [0.5, 0.6) is 0 Å². The Morgan fingerprint density at radius 2 is 1.41 bits per heavy atom. The largest absolute Gasteiger partial charge is 0.336 e. The Bertz CT molecular complexity index is 931. The quantitative estimate of drug-likeness (QED) is 0.755. The Morgan fingerprint density at radius 3 is 2.03 bits per heavy atom. The number of sulfonamides is 1. The third-order valence-electron chi connectivity index (χ3n) is 5.71. The van der Waals surface area contributed by atoms with Crippen molar-refractivity contribution in [2.75, 3.05) is 39.3 Å². The Morgan fingerprint density at radius 1 is 0.793 bits per heavy atom. The maximum Gasteiger partial charge on any atom is 0.253 e. The van der Waals surface area contributed by atoms with Crippen molar-refractivity contribution in [1.82, 2.24) is 14.1 Å². The number of amides is 1. The zero-order chi connectivity index (χ0) is 20.3. The Labute approximate surface area is 172 Å². The summed E-state index contributed by atoms with van der Waals surface area (Å²) in [6, 6.07) is 16.3. The van der Waals surface area contributed by atoms with E-state index in [1.165, 1.54) is 22.7 Å². The van der Waals surface area contributed by atoms with Gasteiger partial charge in [0.25, 0.3) is 5.91 Å². The van der Waals surface area contributed by atoms with Crippen molar-refractivity contribution in [3.63, 3.8) is 0 Å². The van der Waals surface area contributed by atoms with Crippen molar-refractivity contribution in [3.05, 3.63) is 65.7 Å². The van der Waals surface area contributed by atoms with Crippen molar-refractivity contribution < 1.29 is 13.2 Å². The van der Waals surface area contributed by atoms with E-state index in [1.54, 1.807) is 35.2 Å². The molecule has 0 saturated carbocycles. The predicted molar refractivity (Wildman–Crippen MR) is 112 cm³/mol. The maximum absolute atomic E-state index is 12.8. The van der Waals surface area contributed by atoms with E-state index in [4.69, 9.17) is 0 Å². The average Bonchev–Trinajstić information content (AvgIpc) is 3.27. The van der Waals surface area contributed by atoms with Crippen molar-refractivity contribution in [2.24, 2.45) is 0 Å². The lowest BCUT2D eigenvalue weighted by Crippen LogP contribution is -2.50. The van der Waals surface area contributed by atoms with E-state index in [2.05, 4.69) is 4.90 Å². The number of hydrogen-bond donors (Lipinski definition) is 0. The molecule has 29 heavy (non-hydrogen) atoms. The van der Waals surface area contributed by atoms with Crippen LogP contribution >= 0.6 is 0 Å². The van der Waals surface area contributed by atoms with Gasteiger partial charge in [0, 0.05) is 38.3 Å². The zero-order valence-corrected chi connectivity index (χ0v) is 17.4. The molecule has 2 aromatic rings. The number of likely N-dealkylation sites (tertiary alicyclic amines) is 1. The van der Waals surface area contributed by atoms with E-state index in [9.17, 15) is 13.2 Å². The molecule has 2 fully saturated rings. The van der Waals surface area contributed by atoms with Gasteiger partial charge in [-0.1, -0.05) is 30.3 Å². The minimum atomic E-state index is -3.50. The molecule has 2 aromatic carbocycles. The first kappa shape index (κ1) is 20.1. The average molecular weight is 414 g/mol. The lowest BCUT2D eigenvalue weighted by Gasteiger charge is -2.34. The molecule has 154 valence electrons. The highest BCUT2D eigenvalue weighted by molar-refractivity contribution is 7.89. The Hall–Kier alpha value is -2.22. The highest BCUT2D eigenvalue weighted by Crippen LogP contribution is 2.19. The van der Waals surface area contributed by atoms with E-state index < -0.39 is 10.0 Å². The van der Waals surface area contributed by atoms with Crippen LogP contribution in [-0.4, -0.2) is 67.7 Å². The summed E-state index contributed by atoms with van der Waals surface area (Å²) in [5.74, 6) is -0.0329. The van der Waals surface area contributed by atoms with Gasteiger partial charge in [-0.2, -0.15) is 4.31 Å². The highest BCUT2D eigenvalue weighted by atomic mass is 32.2. The molecule has 0 aliphatic carbocycles. The summed E-state index contributed by atoms with van der Waals surface area (Å²) in [7, 11) is -3.50. The van der Waals surface area contributed by atoms with Crippen LogP contribution in [-0.2, 0) is 16.6 Å². The lowest BCUT2D eigenvalue weighted by atomic mass is 10.1. The van der Waals surface area contributed by atoms with Crippen molar-refractivity contribution >= 4 is 15.9 Å². The molecule has 2 saturated heterocycles. The van der Waals surface area contributed by atoms with E-state index in [-0.39, 0.29) is 5.91 Å². The highest BCUT2D eigenvalue weighted by Gasteiger charge is 2.30. The molecule has 0 radical (unpaired) electrons. The monoisotopic (exact) mass is 413 g/mol. The van der Waals surface area contributed by atoms with Gasteiger partial charge in [-0.3, -0.25) is 9.69 Å². The number of nitrogens with zero attached hydrogens (tertiary/aromatic N) is 3. The third-order valence-corrected chi connectivity index (χ3v) is 7.63. The van der Waals surface area contributed by atoms with E-state index in [1.807, 2.05) is 24.3 Å². The van der Waals surface area contributed by atoms with Gasteiger partial charge >= 0.3 is 0 Å². The van der Waals surface area contributed by atoms with E-state index >= 15 is 0 Å². The van der Waals surface area contributed by atoms with Crippen LogP contribution in [0.15, 0.2) is 59.5 Å². The molecule has 4 rings (SSSR count). The molecule has 0 bridgehead atoms. The molecule has 2 heterocycles. The first-order valence-corrected chi connectivity index (χ1v) is 11.6. The molecule has 7 heteroatoms. The number of rotatable bonds is 5. The minimum absolute atomic E-state index is 0.0329. The van der Waals surface area contributed by atoms with Crippen LogP contribution in [0.1, 0.15) is 28.8 Å². The summed E-state index contributed by atoms with van der Waals surface area (Å²) in [6.45, 7) is 4.67. The summed E-state index contributed by atoms with van der Waals surface area (Å²) in [6.07, 6.45) is 2.53. The molecule has 1 amide bonds. The van der Waals surface area contributed by atoms with Gasteiger partial charge in [-0.25, -0.2) is 8.42 Å². The van der Waals surface area contributed by atoms with Crippen molar-refractivity contribution in [2.45, 2.75) is 24.3 Å². The van der Waals surface area contributed by atoms with Crippen LogP contribution in [0.3, 0.4) is 0 Å². The summed E-state index contributed by atoms with van der Waals surface area (Å²) < 4.78 is 26.9. The first-order chi connectivity index (χ1) is 14.0. The summed E-state index contributed by atoms with van der Waals surface area (Å²) in [5.41, 5.74) is 1.89. The zero-order valence-electron chi connectivity index (χ0n) is 16.5. The van der Waals surface area contributed by atoms with Gasteiger partial charge in [0.1, 0.15) is 0 Å². The molecule has 2 aliphatic rings. The lowest BCUT2D eigenvalue weighted by molar-refractivity contribution is 0.0698.